The molecule has 0 radical (unpaired) electrons. The standard InChI is InChI=1S/C16H16/c1-3-4-5-8-14-12-16-10-7-6-9-15(16)11-13(14)2/h3-12H,1-2H3/b4-3-,8-5-. The van der Waals surface area contributed by atoms with Crippen LogP contribution in [0.4, 0.5) is 0 Å². The second kappa shape index (κ2) is 4.80. The highest BCUT2D eigenvalue weighted by Crippen LogP contribution is 2.20. The zero-order valence-corrected chi connectivity index (χ0v) is 9.77. The van der Waals surface area contributed by atoms with E-state index in [1.807, 2.05) is 13.0 Å². The van der Waals surface area contributed by atoms with E-state index in [0.29, 0.717) is 0 Å². The van der Waals surface area contributed by atoms with E-state index < -0.39 is 0 Å². The maximum absolute atomic E-state index is 2.24. The minimum Gasteiger partial charge on any atom is -0.0877 e. The minimum absolute atomic E-state index is 1.29. The van der Waals surface area contributed by atoms with Crippen LogP contribution in [0.15, 0.2) is 54.6 Å². The molecule has 0 heterocycles. The summed E-state index contributed by atoms with van der Waals surface area (Å²) in [6.07, 6.45) is 8.32. The molecule has 0 heteroatoms. The largest absolute Gasteiger partial charge is 0.0877 e. The Bertz CT molecular complexity index is 545. The van der Waals surface area contributed by atoms with Crippen LogP contribution in [-0.4, -0.2) is 0 Å². The van der Waals surface area contributed by atoms with Crippen LogP contribution in [0, 0.1) is 6.92 Å². The summed E-state index contributed by atoms with van der Waals surface area (Å²) in [6.45, 7) is 4.18. The molecule has 0 nitrogen and oxygen atoms in total. The first-order valence-corrected chi connectivity index (χ1v) is 5.60. The summed E-state index contributed by atoms with van der Waals surface area (Å²) < 4.78 is 0. The van der Waals surface area contributed by atoms with Crippen LogP contribution in [0.2, 0.25) is 0 Å². The Balaban J connectivity index is 2.50. The SMILES string of the molecule is C/C=C\C=C/c1cc2ccccc2cc1C. The van der Waals surface area contributed by atoms with Gasteiger partial charge in [-0.25, -0.2) is 0 Å². The lowest BCUT2D eigenvalue weighted by Gasteiger charge is -2.03. The zero-order valence-electron chi connectivity index (χ0n) is 9.77. The second-order valence-corrected chi connectivity index (χ2v) is 3.94. The highest BCUT2D eigenvalue weighted by molar-refractivity contribution is 5.86. The monoisotopic (exact) mass is 208 g/mol. The van der Waals surface area contributed by atoms with E-state index in [9.17, 15) is 0 Å². The second-order valence-electron chi connectivity index (χ2n) is 3.94. The molecule has 2 aromatic rings. The number of hydrogen-bond acceptors (Lipinski definition) is 0. The van der Waals surface area contributed by atoms with Crippen LogP contribution in [0.3, 0.4) is 0 Å². The Morgan fingerprint density at radius 3 is 2.31 bits per heavy atom. The lowest BCUT2D eigenvalue weighted by atomic mass is 10.0. The van der Waals surface area contributed by atoms with E-state index in [2.05, 4.69) is 61.5 Å². The summed E-state index contributed by atoms with van der Waals surface area (Å²) in [6, 6.07) is 13.0. The van der Waals surface area contributed by atoms with Crippen molar-refractivity contribution >= 4 is 16.8 Å². The molecule has 0 aliphatic rings. The van der Waals surface area contributed by atoms with E-state index in [4.69, 9.17) is 0 Å². The fourth-order valence-electron chi connectivity index (χ4n) is 1.82. The van der Waals surface area contributed by atoms with Gasteiger partial charge in [0.2, 0.25) is 0 Å². The number of hydrogen-bond donors (Lipinski definition) is 0. The van der Waals surface area contributed by atoms with Gasteiger partial charge in [-0.2, -0.15) is 0 Å². The normalized spacial score (nSPS) is 11.9. The van der Waals surface area contributed by atoms with Crippen molar-refractivity contribution in [1.82, 2.24) is 0 Å². The highest BCUT2D eigenvalue weighted by atomic mass is 14.0. The Hall–Kier alpha value is -1.82. The van der Waals surface area contributed by atoms with Gasteiger partial charge in [0.05, 0.1) is 0 Å². The van der Waals surface area contributed by atoms with Crippen molar-refractivity contribution in [1.29, 1.82) is 0 Å². The molecule has 2 aromatic carbocycles. The number of benzene rings is 2. The summed E-state index contributed by atoms with van der Waals surface area (Å²) in [4.78, 5) is 0. The van der Waals surface area contributed by atoms with E-state index in [1.165, 1.54) is 21.9 Å². The third-order valence-corrected chi connectivity index (χ3v) is 2.71. The molecule has 2 rings (SSSR count). The van der Waals surface area contributed by atoms with Gasteiger partial charge in [0, 0.05) is 0 Å². The van der Waals surface area contributed by atoms with Crippen LogP contribution in [0.25, 0.3) is 16.8 Å². The lowest BCUT2D eigenvalue weighted by Crippen LogP contribution is -1.81. The van der Waals surface area contributed by atoms with Gasteiger partial charge in [-0.1, -0.05) is 54.6 Å². The molecule has 0 spiro atoms. The van der Waals surface area contributed by atoms with Crippen LogP contribution in [0.1, 0.15) is 18.1 Å². The molecule has 80 valence electrons. The quantitative estimate of drug-likeness (QED) is 0.625. The molecule has 0 amide bonds. The van der Waals surface area contributed by atoms with E-state index >= 15 is 0 Å². The maximum Gasteiger partial charge on any atom is -0.0178 e. The molecule has 0 aromatic heterocycles. The van der Waals surface area contributed by atoms with E-state index in [-0.39, 0.29) is 0 Å². The number of aryl methyl sites for hydroxylation is 1. The van der Waals surface area contributed by atoms with Crippen molar-refractivity contribution in [2.45, 2.75) is 13.8 Å². The van der Waals surface area contributed by atoms with Gasteiger partial charge < -0.3 is 0 Å². The van der Waals surface area contributed by atoms with Crippen molar-refractivity contribution in [3.8, 4) is 0 Å². The zero-order chi connectivity index (χ0) is 11.4. The first kappa shape index (κ1) is 10.7. The molecule has 0 aliphatic carbocycles. The molecule has 0 unspecified atom stereocenters. The lowest BCUT2D eigenvalue weighted by molar-refractivity contribution is 1.47. The molecular weight excluding hydrogens is 192 g/mol. The van der Waals surface area contributed by atoms with Gasteiger partial charge in [-0.15, -0.1) is 0 Å². The summed E-state index contributed by atoms with van der Waals surface area (Å²) in [5.41, 5.74) is 2.61. The van der Waals surface area contributed by atoms with Crippen molar-refractivity contribution < 1.29 is 0 Å². The topological polar surface area (TPSA) is 0 Å². The Kier molecular flexibility index (Phi) is 3.21. The van der Waals surface area contributed by atoms with Crippen molar-refractivity contribution in [2.75, 3.05) is 0 Å². The highest BCUT2D eigenvalue weighted by Gasteiger charge is 1.97. The van der Waals surface area contributed by atoms with Crippen molar-refractivity contribution in [3.05, 3.63) is 65.8 Å². The average molecular weight is 208 g/mol. The van der Waals surface area contributed by atoms with Crippen molar-refractivity contribution in [2.24, 2.45) is 0 Å². The Morgan fingerprint density at radius 1 is 0.938 bits per heavy atom. The predicted molar refractivity (Wildman–Crippen MR) is 72.5 cm³/mol. The molecule has 0 bridgehead atoms. The van der Waals surface area contributed by atoms with Crippen molar-refractivity contribution in [3.63, 3.8) is 0 Å². The summed E-state index contributed by atoms with van der Waals surface area (Å²) >= 11 is 0. The number of rotatable bonds is 2. The Labute approximate surface area is 96.9 Å². The van der Waals surface area contributed by atoms with Crippen LogP contribution in [0.5, 0.6) is 0 Å². The fraction of sp³-hybridized carbons (Fsp3) is 0.125. The fourth-order valence-corrected chi connectivity index (χ4v) is 1.82. The molecule has 0 aliphatic heterocycles. The third-order valence-electron chi connectivity index (χ3n) is 2.71. The van der Waals surface area contributed by atoms with Crippen LogP contribution in [-0.2, 0) is 0 Å². The molecule has 0 atom stereocenters. The molecule has 0 N–H and O–H groups in total. The van der Waals surface area contributed by atoms with Gasteiger partial charge in [0.1, 0.15) is 0 Å². The average Bonchev–Trinajstić information content (AvgIpc) is 2.30. The van der Waals surface area contributed by atoms with Gasteiger partial charge in [0.25, 0.3) is 0 Å². The number of allylic oxidation sites excluding steroid dienone is 3. The third kappa shape index (κ3) is 2.22. The first-order chi connectivity index (χ1) is 7.81. The van der Waals surface area contributed by atoms with Crippen LogP contribution >= 0.6 is 0 Å². The van der Waals surface area contributed by atoms with Gasteiger partial charge in [-0.3, -0.25) is 0 Å². The van der Waals surface area contributed by atoms with Gasteiger partial charge in [0.15, 0.2) is 0 Å². The van der Waals surface area contributed by atoms with Crippen LogP contribution < -0.4 is 0 Å². The van der Waals surface area contributed by atoms with Gasteiger partial charge in [-0.05, 0) is 41.8 Å². The van der Waals surface area contributed by atoms with E-state index in [0.717, 1.165) is 0 Å². The number of fused-ring (bicyclic) bond motifs is 1. The molecular formula is C16H16. The maximum atomic E-state index is 2.24. The molecule has 16 heavy (non-hydrogen) atoms. The molecule has 0 saturated heterocycles. The summed E-state index contributed by atoms with van der Waals surface area (Å²) in [7, 11) is 0. The molecule has 0 saturated carbocycles. The minimum atomic E-state index is 1.29. The summed E-state index contributed by atoms with van der Waals surface area (Å²) in [5.74, 6) is 0. The molecule has 0 fully saturated rings. The first-order valence-electron chi connectivity index (χ1n) is 5.60. The van der Waals surface area contributed by atoms with Gasteiger partial charge >= 0.3 is 0 Å². The summed E-state index contributed by atoms with van der Waals surface area (Å²) in [5, 5.41) is 2.61. The smallest absolute Gasteiger partial charge is 0.0178 e. The van der Waals surface area contributed by atoms with E-state index in [1.54, 1.807) is 0 Å². The predicted octanol–water partition coefficient (Wildman–Crippen LogP) is 4.74. The Morgan fingerprint density at radius 2 is 1.62 bits per heavy atom.